The van der Waals surface area contributed by atoms with Gasteiger partial charge < -0.3 is 0 Å². The second-order valence-electron chi connectivity index (χ2n) is 6.08. The molecule has 2 heteroatoms. The van der Waals surface area contributed by atoms with Crippen LogP contribution in [-0.4, -0.2) is 17.5 Å². The Labute approximate surface area is 109 Å². The molecule has 0 amide bonds. The Morgan fingerprint density at radius 2 is 1.78 bits per heavy atom. The van der Waals surface area contributed by atoms with Gasteiger partial charge in [-0.1, -0.05) is 45.0 Å². The minimum absolute atomic E-state index is 0.0844. The Morgan fingerprint density at radius 3 is 2.22 bits per heavy atom. The van der Waals surface area contributed by atoms with Crippen LogP contribution in [0.25, 0.3) is 0 Å². The summed E-state index contributed by atoms with van der Waals surface area (Å²) in [6.07, 6.45) is 1.89. The topological polar surface area (TPSA) is 29.4 Å². The van der Waals surface area contributed by atoms with Crippen LogP contribution in [0.5, 0.6) is 0 Å². The highest BCUT2D eigenvalue weighted by Crippen LogP contribution is 2.23. The fraction of sp³-hybridized carbons (Fsp3) is 0.500. The highest BCUT2D eigenvalue weighted by Gasteiger charge is 2.30. The molecule has 0 radical (unpaired) electrons. The second kappa shape index (κ2) is 4.68. The fourth-order valence-corrected chi connectivity index (χ4v) is 2.10. The standard InChI is InChI=1S/C16H21NO/c1-11(18)15-14(17-15)10-7-12-5-8-13(9-6-12)16(2,3)4/h5-6,8-9,15H,7,10H2,1-4H3. The summed E-state index contributed by atoms with van der Waals surface area (Å²) in [4.78, 5) is 15.3. The summed E-state index contributed by atoms with van der Waals surface area (Å²) in [6.45, 7) is 8.27. The average molecular weight is 243 g/mol. The van der Waals surface area contributed by atoms with Gasteiger partial charge in [-0.3, -0.25) is 9.79 Å². The third kappa shape index (κ3) is 3.06. The van der Waals surface area contributed by atoms with Crippen LogP contribution in [0.1, 0.15) is 45.2 Å². The number of benzene rings is 1. The molecule has 0 spiro atoms. The largest absolute Gasteiger partial charge is 0.297 e. The highest BCUT2D eigenvalue weighted by molar-refractivity contribution is 6.17. The summed E-state index contributed by atoms with van der Waals surface area (Å²) in [5, 5.41) is 0. The fourth-order valence-electron chi connectivity index (χ4n) is 2.10. The molecule has 18 heavy (non-hydrogen) atoms. The van der Waals surface area contributed by atoms with E-state index >= 15 is 0 Å². The summed E-state index contributed by atoms with van der Waals surface area (Å²) < 4.78 is 0. The molecule has 1 aromatic rings. The molecule has 0 saturated heterocycles. The third-order valence-corrected chi connectivity index (χ3v) is 3.42. The van der Waals surface area contributed by atoms with Crippen molar-refractivity contribution in [3.8, 4) is 0 Å². The number of aliphatic imine (C=N–C) groups is 1. The molecule has 0 saturated carbocycles. The van der Waals surface area contributed by atoms with Crippen molar-refractivity contribution >= 4 is 11.5 Å². The van der Waals surface area contributed by atoms with Crippen molar-refractivity contribution in [1.29, 1.82) is 0 Å². The molecule has 1 aromatic carbocycles. The lowest BCUT2D eigenvalue weighted by molar-refractivity contribution is -0.116. The smallest absolute Gasteiger partial charge is 0.159 e. The molecular formula is C16H21NO. The zero-order chi connectivity index (χ0) is 13.3. The van der Waals surface area contributed by atoms with Gasteiger partial charge in [-0.25, -0.2) is 0 Å². The number of carbonyl (C=O) groups is 1. The number of Topliss-reactive ketones (excluding diaryl/α,β-unsaturated/α-hetero) is 1. The predicted molar refractivity (Wildman–Crippen MR) is 75.4 cm³/mol. The van der Waals surface area contributed by atoms with Crippen molar-refractivity contribution in [2.45, 2.75) is 52.0 Å². The minimum Gasteiger partial charge on any atom is -0.297 e. The number of ketones is 1. The van der Waals surface area contributed by atoms with E-state index < -0.39 is 0 Å². The van der Waals surface area contributed by atoms with Crippen LogP contribution in [0, 0.1) is 0 Å². The van der Waals surface area contributed by atoms with Gasteiger partial charge in [-0.05, 0) is 36.3 Å². The van der Waals surface area contributed by atoms with Gasteiger partial charge in [0.05, 0.1) is 0 Å². The van der Waals surface area contributed by atoms with Gasteiger partial charge in [0, 0.05) is 5.71 Å². The van der Waals surface area contributed by atoms with Gasteiger partial charge >= 0.3 is 0 Å². The molecule has 1 aliphatic heterocycles. The predicted octanol–water partition coefficient (Wildman–Crippen LogP) is 3.33. The summed E-state index contributed by atoms with van der Waals surface area (Å²) in [6, 6.07) is 8.69. The van der Waals surface area contributed by atoms with E-state index in [9.17, 15) is 4.79 Å². The summed E-state index contributed by atoms with van der Waals surface area (Å²) >= 11 is 0. The summed E-state index contributed by atoms with van der Waals surface area (Å²) in [5.41, 5.74) is 3.96. The van der Waals surface area contributed by atoms with Gasteiger partial charge in [0.1, 0.15) is 6.04 Å². The van der Waals surface area contributed by atoms with E-state index in [0.29, 0.717) is 0 Å². The first-order valence-electron chi connectivity index (χ1n) is 6.54. The van der Waals surface area contributed by atoms with Crippen molar-refractivity contribution in [3.05, 3.63) is 35.4 Å². The molecule has 0 aliphatic carbocycles. The van der Waals surface area contributed by atoms with Crippen LogP contribution in [0.2, 0.25) is 0 Å². The quantitative estimate of drug-likeness (QED) is 0.797. The molecular weight excluding hydrogens is 222 g/mol. The van der Waals surface area contributed by atoms with Gasteiger partial charge in [-0.15, -0.1) is 0 Å². The molecule has 1 heterocycles. The number of aryl methyl sites for hydroxylation is 1. The lowest BCUT2D eigenvalue weighted by atomic mass is 9.86. The normalized spacial score (nSPS) is 18.4. The zero-order valence-electron chi connectivity index (χ0n) is 11.7. The molecule has 2 rings (SSSR count). The number of nitrogens with zero attached hydrogens (tertiary/aromatic N) is 1. The van der Waals surface area contributed by atoms with Crippen molar-refractivity contribution in [2.75, 3.05) is 0 Å². The van der Waals surface area contributed by atoms with Gasteiger partial charge in [0.2, 0.25) is 0 Å². The van der Waals surface area contributed by atoms with E-state index in [1.54, 1.807) is 6.92 Å². The maximum absolute atomic E-state index is 11.1. The Balaban J connectivity index is 1.88. The Kier molecular flexibility index (Phi) is 3.38. The molecule has 1 aliphatic rings. The van der Waals surface area contributed by atoms with Gasteiger partial charge in [0.25, 0.3) is 0 Å². The Morgan fingerprint density at radius 1 is 1.17 bits per heavy atom. The second-order valence-corrected chi connectivity index (χ2v) is 6.08. The first kappa shape index (κ1) is 13.0. The zero-order valence-corrected chi connectivity index (χ0v) is 11.7. The van der Waals surface area contributed by atoms with Crippen LogP contribution < -0.4 is 0 Å². The van der Waals surface area contributed by atoms with Gasteiger partial charge in [0.15, 0.2) is 5.78 Å². The SMILES string of the molecule is CC(=O)C1N=C1CCc1ccc(C(C)(C)C)cc1. The van der Waals surface area contributed by atoms with Crippen LogP contribution in [-0.2, 0) is 16.6 Å². The van der Waals surface area contributed by atoms with Crippen molar-refractivity contribution in [1.82, 2.24) is 0 Å². The molecule has 0 fully saturated rings. The molecule has 0 bridgehead atoms. The summed E-state index contributed by atoms with van der Waals surface area (Å²) in [5.74, 6) is 0.174. The molecule has 1 unspecified atom stereocenters. The third-order valence-electron chi connectivity index (χ3n) is 3.42. The number of hydrogen-bond donors (Lipinski definition) is 0. The molecule has 0 aromatic heterocycles. The monoisotopic (exact) mass is 243 g/mol. The Bertz CT molecular complexity index is 477. The van der Waals surface area contributed by atoms with Crippen LogP contribution in [0.15, 0.2) is 29.3 Å². The average Bonchev–Trinajstić information content (AvgIpc) is 3.05. The Hall–Kier alpha value is -1.44. The van der Waals surface area contributed by atoms with E-state index in [0.717, 1.165) is 18.6 Å². The number of hydrogen-bond acceptors (Lipinski definition) is 2. The van der Waals surface area contributed by atoms with Crippen LogP contribution in [0.4, 0.5) is 0 Å². The minimum atomic E-state index is -0.0844. The van der Waals surface area contributed by atoms with Crippen molar-refractivity contribution in [2.24, 2.45) is 4.99 Å². The highest BCUT2D eigenvalue weighted by atomic mass is 16.1. The maximum atomic E-state index is 11.1. The van der Waals surface area contributed by atoms with E-state index in [4.69, 9.17) is 0 Å². The van der Waals surface area contributed by atoms with Crippen LogP contribution >= 0.6 is 0 Å². The van der Waals surface area contributed by atoms with E-state index in [1.165, 1.54) is 11.1 Å². The summed E-state index contributed by atoms with van der Waals surface area (Å²) in [7, 11) is 0. The van der Waals surface area contributed by atoms with E-state index in [1.807, 2.05) is 0 Å². The molecule has 1 atom stereocenters. The molecule has 96 valence electrons. The van der Waals surface area contributed by atoms with E-state index in [2.05, 4.69) is 50.0 Å². The van der Waals surface area contributed by atoms with Gasteiger partial charge in [-0.2, -0.15) is 0 Å². The lowest BCUT2D eigenvalue weighted by Gasteiger charge is -2.19. The lowest BCUT2D eigenvalue weighted by Crippen LogP contribution is -2.11. The first-order chi connectivity index (χ1) is 8.38. The molecule has 0 N–H and O–H groups in total. The number of rotatable bonds is 4. The maximum Gasteiger partial charge on any atom is 0.159 e. The van der Waals surface area contributed by atoms with Crippen molar-refractivity contribution < 1.29 is 4.79 Å². The molecule has 2 nitrogen and oxygen atoms in total. The number of carbonyl (C=O) groups excluding carboxylic acids is 1. The van der Waals surface area contributed by atoms with E-state index in [-0.39, 0.29) is 17.2 Å². The van der Waals surface area contributed by atoms with Crippen molar-refractivity contribution in [3.63, 3.8) is 0 Å². The van der Waals surface area contributed by atoms with Crippen LogP contribution in [0.3, 0.4) is 0 Å². The first-order valence-corrected chi connectivity index (χ1v) is 6.54.